The highest BCUT2D eigenvalue weighted by molar-refractivity contribution is 7.07. The lowest BCUT2D eigenvalue weighted by atomic mass is 10.1. The summed E-state index contributed by atoms with van der Waals surface area (Å²) >= 11 is 1.69. The average Bonchev–Trinajstić information content (AvgIpc) is 3.14. The van der Waals surface area contributed by atoms with Gasteiger partial charge in [-0.3, -0.25) is 0 Å². The molecule has 2 heterocycles. The molecule has 0 fully saturated rings. The third kappa shape index (κ3) is 2.71. The third-order valence-corrected chi connectivity index (χ3v) is 3.99. The van der Waals surface area contributed by atoms with E-state index >= 15 is 0 Å². The SMILES string of the molecule is CNCC[C@H](Oc1cccc2ccoc12)c1ccsc1. The Balaban J connectivity index is 1.87. The highest BCUT2D eigenvalue weighted by Gasteiger charge is 2.16. The van der Waals surface area contributed by atoms with Crippen molar-refractivity contribution in [3.8, 4) is 5.75 Å². The highest BCUT2D eigenvalue weighted by atomic mass is 32.1. The van der Waals surface area contributed by atoms with Crippen molar-refractivity contribution in [3.05, 3.63) is 52.9 Å². The lowest BCUT2D eigenvalue weighted by Gasteiger charge is -2.18. The van der Waals surface area contributed by atoms with Gasteiger partial charge in [0.2, 0.25) is 0 Å². The molecule has 0 aliphatic heterocycles. The summed E-state index contributed by atoms with van der Waals surface area (Å²) < 4.78 is 11.7. The van der Waals surface area contributed by atoms with Crippen molar-refractivity contribution < 1.29 is 9.15 Å². The fraction of sp³-hybridized carbons (Fsp3) is 0.250. The third-order valence-electron chi connectivity index (χ3n) is 3.28. The maximum atomic E-state index is 6.21. The zero-order valence-electron chi connectivity index (χ0n) is 11.3. The van der Waals surface area contributed by atoms with Gasteiger partial charge in [0.1, 0.15) is 6.10 Å². The molecule has 2 aromatic heterocycles. The molecule has 0 amide bonds. The number of thiophene rings is 1. The topological polar surface area (TPSA) is 34.4 Å². The molecular weight excluding hydrogens is 270 g/mol. The molecule has 3 rings (SSSR count). The van der Waals surface area contributed by atoms with Crippen LogP contribution in [0, 0.1) is 0 Å². The van der Waals surface area contributed by atoms with Crippen LogP contribution in [0.3, 0.4) is 0 Å². The predicted octanol–water partition coefficient (Wildman–Crippen LogP) is 4.22. The quantitative estimate of drug-likeness (QED) is 0.737. The molecule has 1 N–H and O–H groups in total. The van der Waals surface area contributed by atoms with Gasteiger partial charge in [0.05, 0.1) is 6.26 Å². The summed E-state index contributed by atoms with van der Waals surface area (Å²) in [5, 5.41) is 8.47. The van der Waals surface area contributed by atoms with Crippen LogP contribution in [0.15, 0.2) is 51.8 Å². The number of fused-ring (bicyclic) bond motifs is 1. The molecule has 0 unspecified atom stereocenters. The summed E-state index contributed by atoms with van der Waals surface area (Å²) in [5.74, 6) is 0.805. The molecule has 0 spiro atoms. The van der Waals surface area contributed by atoms with Crippen molar-refractivity contribution in [1.29, 1.82) is 0 Å². The molecule has 0 bridgehead atoms. The first kappa shape index (κ1) is 13.2. The van der Waals surface area contributed by atoms with E-state index in [0.29, 0.717) is 0 Å². The summed E-state index contributed by atoms with van der Waals surface area (Å²) in [7, 11) is 1.96. The Kier molecular flexibility index (Phi) is 4.04. The molecule has 0 aliphatic carbocycles. The average molecular weight is 287 g/mol. The van der Waals surface area contributed by atoms with Gasteiger partial charge in [0, 0.05) is 17.4 Å². The number of hydrogen-bond acceptors (Lipinski definition) is 4. The first-order chi connectivity index (χ1) is 9.88. The van der Waals surface area contributed by atoms with Gasteiger partial charge in [-0.15, -0.1) is 0 Å². The van der Waals surface area contributed by atoms with Gasteiger partial charge in [0.15, 0.2) is 11.3 Å². The van der Waals surface area contributed by atoms with Crippen molar-refractivity contribution in [2.75, 3.05) is 13.6 Å². The molecule has 3 aromatic rings. The van der Waals surface area contributed by atoms with Crippen LogP contribution >= 0.6 is 11.3 Å². The number of rotatable bonds is 6. The first-order valence-corrected chi connectivity index (χ1v) is 7.62. The Morgan fingerprint density at radius 2 is 2.25 bits per heavy atom. The molecule has 20 heavy (non-hydrogen) atoms. The molecule has 4 heteroatoms. The van der Waals surface area contributed by atoms with Crippen LogP contribution < -0.4 is 10.1 Å². The van der Waals surface area contributed by atoms with Crippen molar-refractivity contribution >= 4 is 22.3 Å². The second-order valence-electron chi connectivity index (χ2n) is 4.65. The van der Waals surface area contributed by atoms with E-state index in [1.54, 1.807) is 17.6 Å². The fourth-order valence-electron chi connectivity index (χ4n) is 2.24. The predicted molar refractivity (Wildman–Crippen MR) is 82.4 cm³/mol. The monoisotopic (exact) mass is 287 g/mol. The van der Waals surface area contributed by atoms with E-state index in [-0.39, 0.29) is 6.10 Å². The largest absolute Gasteiger partial charge is 0.482 e. The van der Waals surface area contributed by atoms with Gasteiger partial charge in [0.25, 0.3) is 0 Å². The van der Waals surface area contributed by atoms with Crippen LogP contribution in [0.1, 0.15) is 18.1 Å². The Morgan fingerprint density at radius 1 is 1.30 bits per heavy atom. The van der Waals surface area contributed by atoms with E-state index in [0.717, 1.165) is 29.7 Å². The van der Waals surface area contributed by atoms with Crippen molar-refractivity contribution in [2.45, 2.75) is 12.5 Å². The zero-order chi connectivity index (χ0) is 13.8. The molecule has 104 valence electrons. The van der Waals surface area contributed by atoms with Crippen LogP contribution in [0.4, 0.5) is 0 Å². The molecule has 0 saturated heterocycles. The minimum absolute atomic E-state index is 0.0457. The summed E-state index contributed by atoms with van der Waals surface area (Å²) in [5.41, 5.74) is 2.03. The first-order valence-electron chi connectivity index (χ1n) is 6.68. The summed E-state index contributed by atoms with van der Waals surface area (Å²) in [6, 6.07) is 10.1. The van der Waals surface area contributed by atoms with Gasteiger partial charge in [-0.1, -0.05) is 12.1 Å². The van der Waals surface area contributed by atoms with E-state index in [9.17, 15) is 0 Å². The fourth-order valence-corrected chi connectivity index (χ4v) is 2.94. The van der Waals surface area contributed by atoms with Crippen LogP contribution in [0.5, 0.6) is 5.75 Å². The molecule has 3 nitrogen and oxygen atoms in total. The van der Waals surface area contributed by atoms with E-state index in [1.807, 2.05) is 31.3 Å². The second-order valence-corrected chi connectivity index (χ2v) is 5.43. The van der Waals surface area contributed by atoms with E-state index in [2.05, 4.69) is 22.1 Å². The number of furan rings is 1. The molecule has 0 saturated carbocycles. The Hall–Kier alpha value is -1.78. The number of ether oxygens (including phenoxy) is 1. The van der Waals surface area contributed by atoms with Gasteiger partial charge in [-0.25, -0.2) is 0 Å². The van der Waals surface area contributed by atoms with E-state index in [4.69, 9.17) is 9.15 Å². The Morgan fingerprint density at radius 3 is 3.05 bits per heavy atom. The van der Waals surface area contributed by atoms with Crippen LogP contribution in [-0.2, 0) is 0 Å². The lowest BCUT2D eigenvalue weighted by Crippen LogP contribution is -2.15. The molecule has 0 aliphatic rings. The molecule has 1 aromatic carbocycles. The lowest BCUT2D eigenvalue weighted by molar-refractivity contribution is 0.196. The van der Waals surface area contributed by atoms with Crippen molar-refractivity contribution in [3.63, 3.8) is 0 Å². The minimum Gasteiger partial charge on any atom is -0.482 e. The Labute approximate surface area is 122 Å². The van der Waals surface area contributed by atoms with Gasteiger partial charge in [-0.2, -0.15) is 11.3 Å². The van der Waals surface area contributed by atoms with Crippen molar-refractivity contribution in [1.82, 2.24) is 5.32 Å². The van der Waals surface area contributed by atoms with Crippen LogP contribution in [-0.4, -0.2) is 13.6 Å². The second kappa shape index (κ2) is 6.11. The molecule has 0 radical (unpaired) electrons. The Bertz CT molecular complexity index is 660. The van der Waals surface area contributed by atoms with Gasteiger partial charge >= 0.3 is 0 Å². The summed E-state index contributed by atoms with van der Waals surface area (Å²) in [6.45, 7) is 0.911. The van der Waals surface area contributed by atoms with Gasteiger partial charge < -0.3 is 14.5 Å². The van der Waals surface area contributed by atoms with Crippen LogP contribution in [0.25, 0.3) is 11.0 Å². The number of hydrogen-bond donors (Lipinski definition) is 1. The molecule has 1 atom stereocenters. The maximum absolute atomic E-state index is 6.21. The standard InChI is InChI=1S/C16H17NO2S/c1-17-8-5-14(13-7-10-20-11-13)19-15-4-2-3-12-6-9-18-16(12)15/h2-4,6-7,9-11,14,17H,5,8H2,1H3/t14-/m0/s1. The number of para-hydroxylation sites is 1. The van der Waals surface area contributed by atoms with Crippen molar-refractivity contribution in [2.24, 2.45) is 0 Å². The summed E-state index contributed by atoms with van der Waals surface area (Å²) in [4.78, 5) is 0. The minimum atomic E-state index is 0.0457. The number of benzene rings is 1. The van der Waals surface area contributed by atoms with E-state index < -0.39 is 0 Å². The zero-order valence-corrected chi connectivity index (χ0v) is 12.2. The van der Waals surface area contributed by atoms with Crippen LogP contribution in [0.2, 0.25) is 0 Å². The van der Waals surface area contributed by atoms with E-state index in [1.165, 1.54) is 5.56 Å². The smallest absolute Gasteiger partial charge is 0.175 e. The molecular formula is C16H17NO2S. The van der Waals surface area contributed by atoms with Gasteiger partial charge in [-0.05, 0) is 42.6 Å². The summed E-state index contributed by atoms with van der Waals surface area (Å²) in [6.07, 6.45) is 2.67. The number of nitrogens with one attached hydrogen (secondary N) is 1. The normalized spacial score (nSPS) is 12.7. The highest BCUT2D eigenvalue weighted by Crippen LogP contribution is 2.32. The maximum Gasteiger partial charge on any atom is 0.175 e.